The van der Waals surface area contributed by atoms with Gasteiger partial charge in [0.05, 0.1) is 0 Å². The van der Waals surface area contributed by atoms with Gasteiger partial charge in [-0.05, 0) is 42.7 Å². The van der Waals surface area contributed by atoms with Crippen LogP contribution in [0.2, 0.25) is 5.02 Å². The molecule has 8 heteroatoms. The topological polar surface area (TPSA) is 77.0 Å². The normalized spacial score (nSPS) is 15.0. The average Bonchev–Trinajstić information content (AvgIpc) is 3.38. The molecular formula is C20H20ClN5OS. The number of aromatic nitrogens is 3. The Hall–Kier alpha value is -2.51. The molecule has 1 saturated heterocycles. The zero-order chi connectivity index (χ0) is 19.5. The van der Waals surface area contributed by atoms with Gasteiger partial charge in [0.2, 0.25) is 11.1 Å². The van der Waals surface area contributed by atoms with Crippen LogP contribution in [0.4, 0.5) is 0 Å². The summed E-state index contributed by atoms with van der Waals surface area (Å²) in [6, 6.07) is 17.0. The van der Waals surface area contributed by atoms with Crippen LogP contribution in [0.1, 0.15) is 23.7 Å². The number of halogens is 1. The molecule has 2 aromatic carbocycles. The summed E-state index contributed by atoms with van der Waals surface area (Å²) in [4.78, 5) is 15.1. The van der Waals surface area contributed by atoms with Crippen LogP contribution in [0, 0.1) is 0 Å². The van der Waals surface area contributed by atoms with E-state index in [1.807, 2.05) is 47.4 Å². The molecule has 0 spiro atoms. The number of rotatable bonds is 5. The minimum atomic E-state index is -0.413. The summed E-state index contributed by atoms with van der Waals surface area (Å²) in [5.74, 6) is 6.88. The fraction of sp³-hybridized carbons (Fsp3) is 0.250. The van der Waals surface area contributed by atoms with Gasteiger partial charge in [-0.3, -0.25) is 4.79 Å². The maximum absolute atomic E-state index is 13.2. The average molecular weight is 414 g/mol. The van der Waals surface area contributed by atoms with Gasteiger partial charge in [0.1, 0.15) is 5.25 Å². The molecule has 0 radical (unpaired) electrons. The second-order valence-corrected chi connectivity index (χ2v) is 8.13. The lowest BCUT2D eigenvalue weighted by Crippen LogP contribution is -2.31. The van der Waals surface area contributed by atoms with Crippen LogP contribution in [-0.2, 0) is 4.79 Å². The van der Waals surface area contributed by atoms with E-state index in [0.29, 0.717) is 16.0 Å². The smallest absolute Gasteiger partial charge is 0.240 e. The van der Waals surface area contributed by atoms with Crippen LogP contribution in [0.3, 0.4) is 0 Å². The van der Waals surface area contributed by atoms with Gasteiger partial charge >= 0.3 is 0 Å². The second-order valence-electron chi connectivity index (χ2n) is 6.62. The van der Waals surface area contributed by atoms with E-state index in [1.54, 1.807) is 12.1 Å². The number of hydrogen-bond donors (Lipinski definition) is 1. The maximum Gasteiger partial charge on any atom is 0.240 e. The molecule has 6 nitrogen and oxygen atoms in total. The number of nitrogens with zero attached hydrogens (tertiary/aromatic N) is 4. The predicted octanol–water partition coefficient (Wildman–Crippen LogP) is 3.77. The second kappa shape index (κ2) is 8.24. The standard InChI is InChI=1S/C20H20ClN5OS/c21-16-10-8-15(9-11-16)18-23-24-20(26(18)22)28-17(14-6-2-1-3-7-14)19(27)25-12-4-5-13-25/h1-3,6-11,17H,4-5,12-13,22H2. The molecule has 1 unspecified atom stereocenters. The minimum absolute atomic E-state index is 0.0877. The largest absolute Gasteiger partial charge is 0.341 e. The molecular weight excluding hydrogens is 394 g/mol. The highest BCUT2D eigenvalue weighted by molar-refractivity contribution is 8.00. The first kappa shape index (κ1) is 18.8. The van der Waals surface area contributed by atoms with E-state index in [1.165, 1.54) is 16.4 Å². The number of likely N-dealkylation sites (tertiary alicyclic amines) is 1. The first-order valence-electron chi connectivity index (χ1n) is 9.10. The highest BCUT2D eigenvalue weighted by Crippen LogP contribution is 2.37. The van der Waals surface area contributed by atoms with Crippen molar-refractivity contribution in [2.75, 3.05) is 18.9 Å². The highest BCUT2D eigenvalue weighted by Gasteiger charge is 2.30. The Labute approximate surface area is 172 Å². The fourth-order valence-corrected chi connectivity index (χ4v) is 4.42. The Morgan fingerprint density at radius 3 is 2.39 bits per heavy atom. The number of nitrogens with two attached hydrogens (primary N) is 1. The zero-order valence-electron chi connectivity index (χ0n) is 15.2. The lowest BCUT2D eigenvalue weighted by Gasteiger charge is -2.22. The van der Waals surface area contributed by atoms with E-state index in [0.717, 1.165) is 37.1 Å². The third-order valence-electron chi connectivity index (χ3n) is 4.73. The number of amides is 1. The molecule has 1 aromatic heterocycles. The third-order valence-corrected chi connectivity index (χ3v) is 6.19. The SMILES string of the molecule is Nn1c(SC(C(=O)N2CCCC2)c2ccccc2)nnc1-c1ccc(Cl)cc1. The minimum Gasteiger partial charge on any atom is -0.341 e. The van der Waals surface area contributed by atoms with Crippen molar-refractivity contribution in [2.45, 2.75) is 23.2 Å². The summed E-state index contributed by atoms with van der Waals surface area (Å²) in [7, 11) is 0. The van der Waals surface area contributed by atoms with Crippen LogP contribution >= 0.6 is 23.4 Å². The van der Waals surface area contributed by atoms with E-state index in [9.17, 15) is 4.79 Å². The fourth-order valence-electron chi connectivity index (χ4n) is 3.25. The van der Waals surface area contributed by atoms with Crippen LogP contribution in [0.25, 0.3) is 11.4 Å². The van der Waals surface area contributed by atoms with Gasteiger partial charge in [0.25, 0.3) is 0 Å². The van der Waals surface area contributed by atoms with Crippen molar-refractivity contribution in [1.82, 2.24) is 19.8 Å². The third kappa shape index (κ3) is 3.86. The quantitative estimate of drug-likeness (QED) is 0.509. The van der Waals surface area contributed by atoms with Crippen molar-refractivity contribution in [3.05, 3.63) is 65.2 Å². The molecule has 0 saturated carbocycles. The van der Waals surface area contributed by atoms with Gasteiger partial charge in [-0.1, -0.05) is 53.7 Å². The molecule has 2 N–H and O–H groups in total. The summed E-state index contributed by atoms with van der Waals surface area (Å²) in [5.41, 5.74) is 1.74. The van der Waals surface area contributed by atoms with Crippen molar-refractivity contribution >= 4 is 29.3 Å². The highest BCUT2D eigenvalue weighted by atomic mass is 35.5. The number of nitrogen functional groups attached to an aromatic ring is 1. The van der Waals surface area contributed by atoms with Gasteiger partial charge < -0.3 is 10.7 Å². The van der Waals surface area contributed by atoms with Gasteiger partial charge in [0.15, 0.2) is 5.82 Å². The van der Waals surface area contributed by atoms with Crippen LogP contribution in [-0.4, -0.2) is 38.8 Å². The molecule has 3 aromatic rings. The Bertz CT molecular complexity index is 954. The van der Waals surface area contributed by atoms with Crippen LogP contribution in [0.15, 0.2) is 59.8 Å². The summed E-state index contributed by atoms with van der Waals surface area (Å²) in [6.07, 6.45) is 2.09. The van der Waals surface area contributed by atoms with Crippen molar-refractivity contribution in [2.24, 2.45) is 0 Å². The molecule has 1 aliphatic heterocycles. The first-order valence-corrected chi connectivity index (χ1v) is 10.4. The van der Waals surface area contributed by atoms with E-state index in [4.69, 9.17) is 17.4 Å². The monoisotopic (exact) mass is 413 g/mol. The number of carbonyl (C=O) groups is 1. The summed E-state index contributed by atoms with van der Waals surface area (Å²) < 4.78 is 1.43. The van der Waals surface area contributed by atoms with Crippen LogP contribution in [0.5, 0.6) is 0 Å². The van der Waals surface area contributed by atoms with E-state index < -0.39 is 5.25 Å². The first-order chi connectivity index (χ1) is 13.6. The van der Waals surface area contributed by atoms with E-state index in [-0.39, 0.29) is 5.91 Å². The lowest BCUT2D eigenvalue weighted by atomic mass is 10.1. The Morgan fingerprint density at radius 1 is 1.04 bits per heavy atom. The van der Waals surface area contributed by atoms with Crippen LogP contribution < -0.4 is 5.84 Å². The van der Waals surface area contributed by atoms with Crippen molar-refractivity contribution in [1.29, 1.82) is 0 Å². The Balaban J connectivity index is 1.63. The Kier molecular flexibility index (Phi) is 5.54. The number of hydrogen-bond acceptors (Lipinski definition) is 5. The van der Waals surface area contributed by atoms with Crippen molar-refractivity contribution < 1.29 is 4.79 Å². The molecule has 0 bridgehead atoms. The van der Waals surface area contributed by atoms with Gasteiger partial charge in [-0.2, -0.15) is 0 Å². The summed E-state index contributed by atoms with van der Waals surface area (Å²) in [6.45, 7) is 1.60. The molecule has 4 rings (SSSR count). The number of thioether (sulfide) groups is 1. The van der Waals surface area contributed by atoms with Crippen molar-refractivity contribution in [3.63, 3.8) is 0 Å². The van der Waals surface area contributed by atoms with Crippen molar-refractivity contribution in [3.8, 4) is 11.4 Å². The lowest BCUT2D eigenvalue weighted by molar-refractivity contribution is -0.129. The van der Waals surface area contributed by atoms with Gasteiger partial charge in [-0.25, -0.2) is 4.68 Å². The Morgan fingerprint density at radius 2 is 1.71 bits per heavy atom. The maximum atomic E-state index is 13.2. The molecule has 1 atom stereocenters. The zero-order valence-corrected chi connectivity index (χ0v) is 16.7. The molecule has 0 aliphatic carbocycles. The predicted molar refractivity (Wildman–Crippen MR) is 111 cm³/mol. The number of carbonyl (C=O) groups excluding carboxylic acids is 1. The molecule has 1 amide bonds. The number of benzene rings is 2. The van der Waals surface area contributed by atoms with Gasteiger partial charge in [0, 0.05) is 23.7 Å². The molecule has 28 heavy (non-hydrogen) atoms. The molecule has 1 aliphatic rings. The summed E-state index contributed by atoms with van der Waals surface area (Å²) >= 11 is 7.29. The van der Waals surface area contributed by atoms with E-state index >= 15 is 0 Å². The molecule has 2 heterocycles. The summed E-state index contributed by atoms with van der Waals surface area (Å²) in [5, 5.41) is 9.17. The van der Waals surface area contributed by atoms with Gasteiger partial charge in [-0.15, -0.1) is 10.2 Å². The molecule has 1 fully saturated rings. The molecule has 144 valence electrons. The van der Waals surface area contributed by atoms with E-state index in [2.05, 4.69) is 10.2 Å².